The second-order valence-electron chi connectivity index (χ2n) is 5.96. The number of hydrogen-bond donors (Lipinski definition) is 1. The van der Waals surface area contributed by atoms with E-state index in [1.807, 2.05) is 0 Å². The molecule has 4 heteroatoms. The van der Waals surface area contributed by atoms with Gasteiger partial charge in [-0.15, -0.1) is 0 Å². The molecule has 100 valence electrons. The molecule has 2 heterocycles. The monoisotopic (exact) mass is 241 g/mol. The standard InChI is InChI=1S/C13H27N3O/c1-12-10-17-9-8-16(12)13(2,3)11-15-6-4-14-5-7-15/h12,14H,4-11H2,1-3H3. The van der Waals surface area contributed by atoms with Crippen molar-refractivity contribution in [3.8, 4) is 0 Å². The lowest BCUT2D eigenvalue weighted by atomic mass is 9.98. The van der Waals surface area contributed by atoms with E-state index in [-0.39, 0.29) is 5.54 Å². The van der Waals surface area contributed by atoms with Crippen molar-refractivity contribution in [1.29, 1.82) is 0 Å². The summed E-state index contributed by atoms with van der Waals surface area (Å²) >= 11 is 0. The maximum atomic E-state index is 5.53. The minimum Gasteiger partial charge on any atom is -0.379 e. The van der Waals surface area contributed by atoms with Gasteiger partial charge in [0, 0.05) is 50.8 Å². The summed E-state index contributed by atoms with van der Waals surface area (Å²) in [5, 5.41) is 3.41. The first-order chi connectivity index (χ1) is 8.09. The molecule has 2 rings (SSSR count). The Bertz CT molecular complexity index is 239. The summed E-state index contributed by atoms with van der Waals surface area (Å²) in [6, 6.07) is 0.543. The number of ether oxygens (including phenoxy) is 1. The normalized spacial score (nSPS) is 29.5. The highest BCUT2D eigenvalue weighted by Gasteiger charge is 2.34. The summed E-state index contributed by atoms with van der Waals surface area (Å²) in [5.41, 5.74) is 0.251. The molecule has 0 radical (unpaired) electrons. The van der Waals surface area contributed by atoms with Gasteiger partial charge in [-0.3, -0.25) is 9.80 Å². The highest BCUT2D eigenvalue weighted by molar-refractivity contribution is 4.90. The van der Waals surface area contributed by atoms with Crippen LogP contribution >= 0.6 is 0 Å². The van der Waals surface area contributed by atoms with Crippen LogP contribution in [0, 0.1) is 0 Å². The lowest BCUT2D eigenvalue weighted by Gasteiger charge is -2.47. The van der Waals surface area contributed by atoms with E-state index in [1.165, 1.54) is 19.6 Å². The van der Waals surface area contributed by atoms with E-state index in [0.29, 0.717) is 6.04 Å². The van der Waals surface area contributed by atoms with Crippen LogP contribution in [-0.4, -0.2) is 73.9 Å². The van der Waals surface area contributed by atoms with Crippen molar-refractivity contribution in [1.82, 2.24) is 15.1 Å². The first-order valence-corrected chi connectivity index (χ1v) is 6.87. The van der Waals surface area contributed by atoms with E-state index in [2.05, 4.69) is 35.9 Å². The van der Waals surface area contributed by atoms with Gasteiger partial charge < -0.3 is 10.1 Å². The van der Waals surface area contributed by atoms with Crippen molar-refractivity contribution in [3.63, 3.8) is 0 Å². The summed E-state index contributed by atoms with van der Waals surface area (Å²) in [5.74, 6) is 0. The van der Waals surface area contributed by atoms with E-state index < -0.39 is 0 Å². The van der Waals surface area contributed by atoms with Crippen LogP contribution in [0.1, 0.15) is 20.8 Å². The Morgan fingerprint density at radius 1 is 1.24 bits per heavy atom. The van der Waals surface area contributed by atoms with Gasteiger partial charge in [0.1, 0.15) is 0 Å². The Labute approximate surface area is 105 Å². The first kappa shape index (κ1) is 13.3. The maximum absolute atomic E-state index is 5.53. The van der Waals surface area contributed by atoms with Crippen LogP contribution < -0.4 is 5.32 Å². The zero-order chi connectivity index (χ0) is 12.3. The smallest absolute Gasteiger partial charge is 0.0620 e. The van der Waals surface area contributed by atoms with E-state index in [9.17, 15) is 0 Å². The number of rotatable bonds is 3. The fourth-order valence-corrected chi connectivity index (χ4v) is 3.13. The highest BCUT2D eigenvalue weighted by atomic mass is 16.5. The lowest BCUT2D eigenvalue weighted by Crippen LogP contribution is -2.60. The van der Waals surface area contributed by atoms with Crippen molar-refractivity contribution in [2.45, 2.75) is 32.4 Å². The van der Waals surface area contributed by atoms with Gasteiger partial charge in [0.25, 0.3) is 0 Å². The van der Waals surface area contributed by atoms with Crippen molar-refractivity contribution in [2.24, 2.45) is 0 Å². The predicted molar refractivity (Wildman–Crippen MR) is 70.4 cm³/mol. The number of nitrogens with one attached hydrogen (secondary N) is 1. The molecule has 17 heavy (non-hydrogen) atoms. The van der Waals surface area contributed by atoms with Crippen LogP contribution in [-0.2, 0) is 4.74 Å². The third kappa shape index (κ3) is 3.41. The van der Waals surface area contributed by atoms with Crippen molar-refractivity contribution >= 4 is 0 Å². The zero-order valence-corrected chi connectivity index (χ0v) is 11.5. The fourth-order valence-electron chi connectivity index (χ4n) is 3.13. The van der Waals surface area contributed by atoms with Gasteiger partial charge in [-0.2, -0.15) is 0 Å². The summed E-state index contributed by atoms with van der Waals surface area (Å²) in [6.45, 7) is 15.7. The molecule has 2 fully saturated rings. The average Bonchev–Trinajstić information content (AvgIpc) is 2.30. The second kappa shape index (κ2) is 5.65. The van der Waals surface area contributed by atoms with Crippen LogP contribution in [0.2, 0.25) is 0 Å². The van der Waals surface area contributed by atoms with Gasteiger partial charge in [0.2, 0.25) is 0 Å². The van der Waals surface area contributed by atoms with E-state index >= 15 is 0 Å². The maximum Gasteiger partial charge on any atom is 0.0620 e. The predicted octanol–water partition coefficient (Wildman–Crippen LogP) is 0.391. The molecule has 0 saturated carbocycles. The molecule has 0 aromatic carbocycles. The molecule has 1 N–H and O–H groups in total. The summed E-state index contributed by atoms with van der Waals surface area (Å²) < 4.78 is 5.53. The van der Waals surface area contributed by atoms with E-state index in [1.54, 1.807) is 0 Å². The van der Waals surface area contributed by atoms with Gasteiger partial charge in [0.05, 0.1) is 13.2 Å². The fraction of sp³-hybridized carbons (Fsp3) is 1.00. The van der Waals surface area contributed by atoms with Crippen molar-refractivity contribution in [2.75, 3.05) is 52.5 Å². The zero-order valence-electron chi connectivity index (χ0n) is 11.5. The third-order valence-electron chi connectivity index (χ3n) is 3.97. The number of morpholine rings is 1. The molecule has 0 aromatic rings. The number of nitrogens with zero attached hydrogens (tertiary/aromatic N) is 2. The lowest BCUT2D eigenvalue weighted by molar-refractivity contribution is -0.0576. The molecule has 0 bridgehead atoms. The molecule has 1 atom stereocenters. The second-order valence-corrected chi connectivity index (χ2v) is 5.96. The van der Waals surface area contributed by atoms with Crippen molar-refractivity contribution in [3.05, 3.63) is 0 Å². The summed E-state index contributed by atoms with van der Waals surface area (Å²) in [7, 11) is 0. The molecule has 4 nitrogen and oxygen atoms in total. The minimum atomic E-state index is 0.251. The van der Waals surface area contributed by atoms with Gasteiger partial charge in [-0.25, -0.2) is 0 Å². The van der Waals surface area contributed by atoms with Gasteiger partial charge in [-0.05, 0) is 20.8 Å². The molecule has 2 saturated heterocycles. The molecule has 0 aliphatic carbocycles. The largest absolute Gasteiger partial charge is 0.379 e. The molecule has 2 aliphatic heterocycles. The Morgan fingerprint density at radius 3 is 2.59 bits per heavy atom. The van der Waals surface area contributed by atoms with Crippen LogP contribution in [0.5, 0.6) is 0 Å². The molecule has 1 unspecified atom stereocenters. The van der Waals surface area contributed by atoms with Gasteiger partial charge in [-0.1, -0.05) is 0 Å². The molecule has 2 aliphatic rings. The average molecular weight is 241 g/mol. The van der Waals surface area contributed by atoms with E-state index in [0.717, 1.165) is 32.8 Å². The highest BCUT2D eigenvalue weighted by Crippen LogP contribution is 2.21. The quantitative estimate of drug-likeness (QED) is 0.774. The summed E-state index contributed by atoms with van der Waals surface area (Å²) in [6.07, 6.45) is 0. The first-order valence-electron chi connectivity index (χ1n) is 6.87. The third-order valence-corrected chi connectivity index (χ3v) is 3.97. The molecular formula is C13H27N3O. The molecular weight excluding hydrogens is 214 g/mol. The van der Waals surface area contributed by atoms with Crippen molar-refractivity contribution < 1.29 is 4.74 Å². The van der Waals surface area contributed by atoms with Crippen LogP contribution in [0.25, 0.3) is 0 Å². The Morgan fingerprint density at radius 2 is 1.94 bits per heavy atom. The molecule has 0 aromatic heterocycles. The minimum absolute atomic E-state index is 0.251. The summed E-state index contributed by atoms with van der Waals surface area (Å²) in [4.78, 5) is 5.19. The van der Waals surface area contributed by atoms with E-state index in [4.69, 9.17) is 4.74 Å². The number of hydrogen-bond acceptors (Lipinski definition) is 4. The van der Waals surface area contributed by atoms with Crippen LogP contribution in [0.3, 0.4) is 0 Å². The SMILES string of the molecule is CC1COCCN1C(C)(C)CN1CCNCC1. The molecule has 0 amide bonds. The Balaban J connectivity index is 1.91. The topological polar surface area (TPSA) is 27.7 Å². The number of piperazine rings is 1. The van der Waals surface area contributed by atoms with Crippen LogP contribution in [0.15, 0.2) is 0 Å². The van der Waals surface area contributed by atoms with Gasteiger partial charge in [0.15, 0.2) is 0 Å². The Kier molecular flexibility index (Phi) is 4.42. The van der Waals surface area contributed by atoms with Gasteiger partial charge >= 0.3 is 0 Å². The van der Waals surface area contributed by atoms with Crippen LogP contribution in [0.4, 0.5) is 0 Å². The molecule has 0 spiro atoms. The Hall–Kier alpha value is -0.160.